The number of halogens is 5. The van der Waals surface area contributed by atoms with Crippen LogP contribution in [0.4, 0.5) is 17.6 Å². The molecule has 71 heavy (non-hydrogen) atoms. The van der Waals surface area contributed by atoms with Crippen LogP contribution < -0.4 is 9.47 Å². The molecule has 0 spiro atoms. The summed E-state index contributed by atoms with van der Waals surface area (Å²) < 4.78 is 77.1. The summed E-state index contributed by atoms with van der Waals surface area (Å²) in [5.41, 5.74) is 10.9. The average molecular weight is 1040 g/mol. The van der Waals surface area contributed by atoms with Gasteiger partial charge in [-0.2, -0.15) is 0 Å². The lowest BCUT2D eigenvalue weighted by molar-refractivity contribution is 0.0508. The Bertz CT molecular complexity index is 3210. The van der Waals surface area contributed by atoms with Gasteiger partial charge in [0.05, 0.1) is 34.0 Å². The van der Waals surface area contributed by atoms with Crippen LogP contribution in [0.1, 0.15) is 95.9 Å². The van der Waals surface area contributed by atoms with Crippen molar-refractivity contribution >= 4 is 49.7 Å². The third kappa shape index (κ3) is 10.8. The summed E-state index contributed by atoms with van der Waals surface area (Å²) in [6, 6.07) is 22.4. The maximum Gasteiger partial charge on any atom is 0.355 e. The molecule has 4 heterocycles. The summed E-state index contributed by atoms with van der Waals surface area (Å²) in [4.78, 5) is 37.9. The number of ether oxygens (including phenoxy) is 4. The first-order valence-corrected chi connectivity index (χ1v) is 23.7. The monoisotopic (exact) mass is 1040 g/mol. The lowest BCUT2D eigenvalue weighted by atomic mass is 9.97. The van der Waals surface area contributed by atoms with E-state index < -0.39 is 23.4 Å². The Labute approximate surface area is 419 Å². The van der Waals surface area contributed by atoms with Crippen LogP contribution in [0.15, 0.2) is 97.3 Å². The highest BCUT2D eigenvalue weighted by atomic mass is 79.9. The van der Waals surface area contributed by atoms with Gasteiger partial charge in [-0.25, -0.2) is 37.1 Å². The summed E-state index contributed by atoms with van der Waals surface area (Å²) >= 11 is 3.04. The van der Waals surface area contributed by atoms with Crippen molar-refractivity contribution in [2.75, 3.05) is 27.4 Å². The fraction of sp³-hybridized carbons (Fsp3) is 0.286. The van der Waals surface area contributed by atoms with Gasteiger partial charge in [-0.15, -0.1) is 0 Å². The predicted octanol–water partition coefficient (Wildman–Crippen LogP) is 13.7. The second-order valence-electron chi connectivity index (χ2n) is 16.3. The minimum atomic E-state index is -0.542. The van der Waals surface area contributed by atoms with Gasteiger partial charge < -0.3 is 28.5 Å². The number of benzene rings is 4. The molecule has 0 fully saturated rings. The van der Waals surface area contributed by atoms with Crippen molar-refractivity contribution in [3.8, 4) is 34.0 Å². The van der Waals surface area contributed by atoms with Crippen LogP contribution in [0.3, 0.4) is 0 Å². The zero-order chi connectivity index (χ0) is 48.8. The molecule has 0 aliphatic heterocycles. The molecule has 1 N–H and O–H groups in total. The first-order chi connectivity index (χ1) is 33.5. The van der Waals surface area contributed by atoms with Gasteiger partial charge in [0.15, 0.2) is 0 Å². The number of hydrogen-bond donors (Lipinski definition) is 1. The van der Waals surface area contributed by atoms with E-state index in [2.05, 4.69) is 49.1 Å². The van der Waals surface area contributed by atoms with E-state index in [4.69, 9.17) is 18.9 Å². The minimum Gasteiger partial charge on any atom is -0.481 e. The lowest BCUT2D eigenvalue weighted by Crippen LogP contribution is -2.15. The average Bonchev–Trinajstić information content (AvgIpc) is 4.18. The van der Waals surface area contributed by atoms with Crippen LogP contribution >= 0.6 is 15.9 Å². The number of carbonyl (C=O) groups excluding carboxylic acids is 2. The number of aromatic nitrogens is 4. The molecule has 0 unspecified atom stereocenters. The van der Waals surface area contributed by atoms with Crippen molar-refractivity contribution in [2.45, 2.75) is 79.1 Å². The molecule has 4 aromatic heterocycles. The molecule has 4 aromatic carbocycles. The smallest absolute Gasteiger partial charge is 0.355 e. The first-order valence-electron chi connectivity index (χ1n) is 22.6. The molecule has 8 aromatic rings. The largest absolute Gasteiger partial charge is 0.481 e. The predicted molar refractivity (Wildman–Crippen MR) is 274 cm³/mol. The number of carbonyl (C=O) groups is 2. The number of fused-ring (bicyclic) bond motifs is 6. The molecule has 0 atom stereocenters. The molecule has 0 amide bonds. The van der Waals surface area contributed by atoms with Crippen LogP contribution in [0, 0.1) is 23.3 Å². The first kappa shape index (κ1) is 53.4. The number of rotatable bonds is 11. The SMILES string of the molecule is C.C.CCOC(=O)c1[nH]c2ccc3c(c2c1-c1cccnc1OC)CCC3.CCOC(=O)c1c(-c2cccnc2OC)c2c3c(ccc2n1Cc1cc(F)ccc1F)CCC3.Fc1ccc(F)c(CBr)c1. The van der Waals surface area contributed by atoms with E-state index in [0.717, 1.165) is 107 Å². The molecule has 0 saturated carbocycles. The van der Waals surface area contributed by atoms with Gasteiger partial charge in [0.25, 0.3) is 0 Å². The van der Waals surface area contributed by atoms with Crippen LogP contribution in [-0.4, -0.2) is 58.9 Å². The minimum absolute atomic E-state index is 0. The number of pyridine rings is 2. The van der Waals surface area contributed by atoms with Crippen molar-refractivity contribution in [1.82, 2.24) is 19.5 Å². The van der Waals surface area contributed by atoms with E-state index in [1.165, 1.54) is 29.9 Å². The summed E-state index contributed by atoms with van der Waals surface area (Å²) in [6.07, 6.45) is 9.37. The Morgan fingerprint density at radius 2 is 1.20 bits per heavy atom. The zero-order valence-corrected chi connectivity index (χ0v) is 40.1. The molecule has 372 valence electrons. The Morgan fingerprint density at radius 3 is 1.76 bits per heavy atom. The van der Waals surface area contributed by atoms with Crippen molar-refractivity contribution in [3.63, 3.8) is 0 Å². The van der Waals surface area contributed by atoms with Gasteiger partial charge in [0, 0.05) is 72.9 Å². The van der Waals surface area contributed by atoms with Gasteiger partial charge in [-0.05, 0) is 147 Å². The Kier molecular flexibility index (Phi) is 17.8. The molecule has 0 bridgehead atoms. The van der Waals surface area contributed by atoms with Crippen LogP contribution in [0.25, 0.3) is 44.1 Å². The second-order valence-corrected chi connectivity index (χ2v) is 16.8. The maximum atomic E-state index is 14.7. The number of hydrogen-bond acceptors (Lipinski definition) is 8. The van der Waals surface area contributed by atoms with Crippen LogP contribution in [-0.2, 0) is 47.0 Å². The number of aromatic amines is 1. The molecular formula is C56H57BrF4N4O6. The van der Waals surface area contributed by atoms with E-state index in [1.54, 1.807) is 37.1 Å². The highest BCUT2D eigenvalue weighted by molar-refractivity contribution is 9.08. The van der Waals surface area contributed by atoms with Crippen molar-refractivity contribution in [3.05, 3.63) is 165 Å². The molecular weight excluding hydrogens is 981 g/mol. The molecule has 15 heteroatoms. The summed E-state index contributed by atoms with van der Waals surface area (Å²) in [5.74, 6) is -1.88. The fourth-order valence-electron chi connectivity index (χ4n) is 9.34. The van der Waals surface area contributed by atoms with Gasteiger partial charge in [0.2, 0.25) is 11.8 Å². The quantitative estimate of drug-likeness (QED) is 0.0773. The third-order valence-electron chi connectivity index (χ3n) is 12.3. The van der Waals surface area contributed by atoms with Crippen LogP contribution in [0.5, 0.6) is 11.8 Å². The van der Waals surface area contributed by atoms with E-state index in [0.29, 0.717) is 46.1 Å². The Balaban J connectivity index is 0.000000195. The topological polar surface area (TPSA) is 118 Å². The number of nitrogens with zero attached hydrogens (tertiary/aromatic N) is 3. The number of nitrogens with one attached hydrogen (secondary N) is 1. The highest BCUT2D eigenvalue weighted by Crippen LogP contribution is 2.45. The number of H-pyrrole nitrogens is 1. The Morgan fingerprint density at radius 1 is 0.662 bits per heavy atom. The van der Waals surface area contributed by atoms with Crippen molar-refractivity contribution in [1.29, 1.82) is 0 Å². The highest BCUT2D eigenvalue weighted by Gasteiger charge is 2.31. The Hall–Kier alpha value is -7.00. The van der Waals surface area contributed by atoms with Gasteiger partial charge in [0.1, 0.15) is 34.7 Å². The van der Waals surface area contributed by atoms with Crippen LogP contribution in [0.2, 0.25) is 0 Å². The number of alkyl halides is 1. The summed E-state index contributed by atoms with van der Waals surface area (Å²) in [6.45, 7) is 4.02. The van der Waals surface area contributed by atoms with Gasteiger partial charge in [-0.3, -0.25) is 0 Å². The molecule has 10 nitrogen and oxygen atoms in total. The number of esters is 2. The zero-order valence-electron chi connectivity index (χ0n) is 38.5. The van der Waals surface area contributed by atoms with E-state index in [-0.39, 0.29) is 51.0 Å². The maximum absolute atomic E-state index is 14.7. The lowest BCUT2D eigenvalue weighted by Gasteiger charge is -2.13. The number of methoxy groups -OCH3 is 2. The molecule has 0 saturated heterocycles. The molecule has 2 aliphatic carbocycles. The number of aryl methyl sites for hydroxylation is 4. The van der Waals surface area contributed by atoms with E-state index >= 15 is 0 Å². The van der Waals surface area contributed by atoms with Crippen molar-refractivity contribution < 1.29 is 46.1 Å². The normalized spacial score (nSPS) is 12.1. The summed E-state index contributed by atoms with van der Waals surface area (Å²) in [7, 11) is 3.12. The van der Waals surface area contributed by atoms with Gasteiger partial charge >= 0.3 is 11.9 Å². The van der Waals surface area contributed by atoms with E-state index in [9.17, 15) is 27.2 Å². The van der Waals surface area contributed by atoms with Crippen molar-refractivity contribution in [2.24, 2.45) is 0 Å². The fourth-order valence-corrected chi connectivity index (χ4v) is 9.77. The standard InChI is InChI=1S/C27H24F2N2O3.C20H20N2O3.C7H5BrF2.2CH4/c1-3-34-27(32)25-24(20-8-5-13-30-26(20)33-2)23-19-7-4-6-16(19)9-12-22(23)31(25)15-17-14-18(28)10-11-21(17)29;1-3-25-20(23)18-17(14-8-5-11-21-19(14)24-2)16-13-7-4-6-12(13)9-10-15(16)22-18;8-4-5-3-6(9)1-2-7(5)10;;/h5,8-14H,3-4,6-7,15H2,1-2H3;5,8-11,22H,3-4,6-7H2,1-2H3;1-3H,4H2;2*1H4. The summed E-state index contributed by atoms with van der Waals surface area (Å²) in [5, 5.41) is 2.34. The van der Waals surface area contributed by atoms with E-state index in [1.807, 2.05) is 31.2 Å². The molecule has 2 aliphatic rings. The second kappa shape index (κ2) is 23.7. The van der Waals surface area contributed by atoms with Gasteiger partial charge in [-0.1, -0.05) is 42.9 Å². The molecule has 0 radical (unpaired) electrons. The third-order valence-corrected chi connectivity index (χ3v) is 12.9. The molecule has 10 rings (SSSR count).